The second kappa shape index (κ2) is 4.25. The Morgan fingerprint density at radius 1 is 1.38 bits per heavy atom. The van der Waals surface area contributed by atoms with E-state index in [-0.39, 0.29) is 6.04 Å². The fourth-order valence-electron chi connectivity index (χ4n) is 1.64. The fourth-order valence-corrected chi connectivity index (χ4v) is 2.69. The number of hydrogen-bond acceptors (Lipinski definition) is 2. The first-order chi connectivity index (χ1) is 6.00. The van der Waals surface area contributed by atoms with Crippen LogP contribution in [-0.2, 0) is 0 Å². The predicted octanol–water partition coefficient (Wildman–Crippen LogP) is 3.41. The van der Waals surface area contributed by atoms with E-state index in [1.165, 1.54) is 15.3 Å². The lowest BCUT2D eigenvalue weighted by atomic mass is 10.0. The molecule has 0 saturated heterocycles. The summed E-state index contributed by atoms with van der Waals surface area (Å²) in [6, 6.07) is 2.46. The van der Waals surface area contributed by atoms with Gasteiger partial charge in [0.05, 0.1) is 0 Å². The van der Waals surface area contributed by atoms with Crippen molar-refractivity contribution in [1.29, 1.82) is 0 Å². The largest absolute Gasteiger partial charge is 0.323 e. The third kappa shape index (κ3) is 2.82. The minimum Gasteiger partial charge on any atom is -0.323 e. The zero-order chi connectivity index (χ0) is 10.0. The van der Waals surface area contributed by atoms with Crippen LogP contribution in [0.25, 0.3) is 0 Å². The summed E-state index contributed by atoms with van der Waals surface area (Å²) < 4.78 is 0. The molecular weight excluding hydrogens is 178 g/mol. The smallest absolute Gasteiger partial charge is 0.0394 e. The second-order valence-corrected chi connectivity index (χ2v) is 5.43. The maximum Gasteiger partial charge on any atom is 0.0394 e. The van der Waals surface area contributed by atoms with Gasteiger partial charge in [-0.25, -0.2) is 0 Å². The second-order valence-electron chi connectivity index (χ2n) is 4.14. The Morgan fingerprint density at radius 2 is 2.00 bits per heavy atom. The molecule has 13 heavy (non-hydrogen) atoms. The molecule has 2 N–H and O–H groups in total. The molecule has 1 aromatic heterocycles. The highest BCUT2D eigenvalue weighted by molar-refractivity contribution is 7.12. The van der Waals surface area contributed by atoms with Gasteiger partial charge in [-0.1, -0.05) is 13.8 Å². The molecule has 1 rings (SSSR count). The molecule has 1 aromatic rings. The van der Waals surface area contributed by atoms with E-state index in [1.54, 1.807) is 0 Å². The van der Waals surface area contributed by atoms with Crippen molar-refractivity contribution in [1.82, 2.24) is 0 Å². The molecule has 1 atom stereocenters. The lowest BCUT2D eigenvalue weighted by Gasteiger charge is -2.13. The molecule has 0 aromatic carbocycles. The van der Waals surface area contributed by atoms with Crippen molar-refractivity contribution in [2.24, 2.45) is 11.7 Å². The lowest BCUT2D eigenvalue weighted by molar-refractivity contribution is 0.514. The Balaban J connectivity index is 2.76. The number of rotatable bonds is 3. The Kier molecular flexibility index (Phi) is 3.51. The average Bonchev–Trinajstić information content (AvgIpc) is 2.28. The first-order valence-corrected chi connectivity index (χ1v) is 5.65. The fraction of sp³-hybridized carbons (Fsp3) is 0.636. The van der Waals surface area contributed by atoms with Crippen molar-refractivity contribution in [2.75, 3.05) is 0 Å². The van der Waals surface area contributed by atoms with Crippen molar-refractivity contribution in [3.05, 3.63) is 21.4 Å². The van der Waals surface area contributed by atoms with Gasteiger partial charge in [-0.2, -0.15) is 0 Å². The molecule has 0 aliphatic carbocycles. The van der Waals surface area contributed by atoms with E-state index < -0.39 is 0 Å². The molecule has 0 amide bonds. The van der Waals surface area contributed by atoms with Gasteiger partial charge < -0.3 is 5.73 Å². The van der Waals surface area contributed by atoms with Gasteiger partial charge in [0, 0.05) is 15.8 Å². The number of aryl methyl sites for hydroxylation is 2. The van der Waals surface area contributed by atoms with Crippen LogP contribution in [0, 0.1) is 19.8 Å². The van der Waals surface area contributed by atoms with Gasteiger partial charge in [-0.15, -0.1) is 11.3 Å². The Hall–Kier alpha value is -0.340. The van der Waals surface area contributed by atoms with Crippen LogP contribution >= 0.6 is 11.3 Å². The summed E-state index contributed by atoms with van der Waals surface area (Å²) in [7, 11) is 0. The van der Waals surface area contributed by atoms with Crippen molar-refractivity contribution >= 4 is 11.3 Å². The summed E-state index contributed by atoms with van der Waals surface area (Å²) in [5.41, 5.74) is 7.48. The lowest BCUT2D eigenvalue weighted by Crippen LogP contribution is -2.12. The first kappa shape index (κ1) is 10.7. The third-order valence-electron chi connectivity index (χ3n) is 2.14. The SMILES string of the molecule is Cc1cc(C)c(C(N)CC(C)C)s1. The van der Waals surface area contributed by atoms with Gasteiger partial charge in [0.2, 0.25) is 0 Å². The first-order valence-electron chi connectivity index (χ1n) is 4.83. The summed E-state index contributed by atoms with van der Waals surface area (Å²) in [6.07, 6.45) is 1.08. The molecular formula is C11H19NS. The summed E-state index contributed by atoms with van der Waals surface area (Å²) in [5.74, 6) is 0.678. The van der Waals surface area contributed by atoms with Gasteiger partial charge in [0.15, 0.2) is 0 Å². The van der Waals surface area contributed by atoms with Crippen LogP contribution in [0.1, 0.15) is 41.6 Å². The molecule has 2 heteroatoms. The average molecular weight is 197 g/mol. The van der Waals surface area contributed by atoms with E-state index in [4.69, 9.17) is 5.73 Å². The molecule has 1 nitrogen and oxygen atoms in total. The van der Waals surface area contributed by atoms with Crippen molar-refractivity contribution in [3.8, 4) is 0 Å². The highest BCUT2D eigenvalue weighted by Gasteiger charge is 2.12. The van der Waals surface area contributed by atoms with Crippen LogP contribution in [0.5, 0.6) is 0 Å². The summed E-state index contributed by atoms with van der Waals surface area (Å²) in [5, 5.41) is 0. The Bertz CT molecular complexity index is 276. The van der Waals surface area contributed by atoms with E-state index in [0.717, 1.165) is 6.42 Å². The molecule has 74 valence electrons. The molecule has 0 bridgehead atoms. The molecule has 0 aliphatic rings. The monoisotopic (exact) mass is 197 g/mol. The maximum absolute atomic E-state index is 6.12. The quantitative estimate of drug-likeness (QED) is 0.789. The zero-order valence-corrected chi connectivity index (χ0v) is 9.74. The van der Waals surface area contributed by atoms with Crippen LogP contribution in [0.15, 0.2) is 6.07 Å². The van der Waals surface area contributed by atoms with Crippen LogP contribution in [-0.4, -0.2) is 0 Å². The number of thiophene rings is 1. The molecule has 0 aliphatic heterocycles. The molecule has 1 heterocycles. The van der Waals surface area contributed by atoms with Gasteiger partial charge in [0.25, 0.3) is 0 Å². The van der Waals surface area contributed by atoms with E-state index in [9.17, 15) is 0 Å². The van der Waals surface area contributed by atoms with E-state index in [2.05, 4.69) is 33.8 Å². The molecule has 0 fully saturated rings. The van der Waals surface area contributed by atoms with E-state index >= 15 is 0 Å². The number of nitrogens with two attached hydrogens (primary N) is 1. The summed E-state index contributed by atoms with van der Waals surface area (Å²) in [4.78, 5) is 2.73. The molecule has 0 radical (unpaired) electrons. The third-order valence-corrected chi connectivity index (χ3v) is 3.43. The van der Waals surface area contributed by atoms with Crippen LogP contribution < -0.4 is 5.73 Å². The zero-order valence-electron chi connectivity index (χ0n) is 8.92. The predicted molar refractivity (Wildman–Crippen MR) is 60.2 cm³/mol. The maximum atomic E-state index is 6.12. The van der Waals surface area contributed by atoms with Crippen LogP contribution in [0.4, 0.5) is 0 Å². The topological polar surface area (TPSA) is 26.0 Å². The molecule has 1 unspecified atom stereocenters. The summed E-state index contributed by atoms with van der Waals surface area (Å²) >= 11 is 1.84. The Labute approximate surface area is 85.0 Å². The van der Waals surface area contributed by atoms with Crippen molar-refractivity contribution in [2.45, 2.75) is 40.2 Å². The standard InChI is InChI=1S/C11H19NS/c1-7(2)5-10(12)11-8(3)6-9(4)13-11/h6-7,10H,5,12H2,1-4H3. The number of hydrogen-bond donors (Lipinski definition) is 1. The van der Waals surface area contributed by atoms with Crippen molar-refractivity contribution < 1.29 is 0 Å². The highest BCUT2D eigenvalue weighted by Crippen LogP contribution is 2.29. The molecule has 0 spiro atoms. The van der Waals surface area contributed by atoms with E-state index in [0.29, 0.717) is 5.92 Å². The normalized spacial score (nSPS) is 13.7. The van der Waals surface area contributed by atoms with E-state index in [1.807, 2.05) is 11.3 Å². The molecule has 0 saturated carbocycles. The highest BCUT2D eigenvalue weighted by atomic mass is 32.1. The van der Waals surface area contributed by atoms with Crippen LogP contribution in [0.2, 0.25) is 0 Å². The minimum atomic E-state index is 0.235. The van der Waals surface area contributed by atoms with Crippen molar-refractivity contribution in [3.63, 3.8) is 0 Å². The van der Waals surface area contributed by atoms with Gasteiger partial charge >= 0.3 is 0 Å². The Morgan fingerprint density at radius 3 is 2.38 bits per heavy atom. The van der Waals surface area contributed by atoms with Gasteiger partial charge in [-0.05, 0) is 37.8 Å². The summed E-state index contributed by atoms with van der Waals surface area (Å²) in [6.45, 7) is 8.73. The van der Waals surface area contributed by atoms with Crippen LogP contribution in [0.3, 0.4) is 0 Å². The minimum absolute atomic E-state index is 0.235. The van der Waals surface area contributed by atoms with Gasteiger partial charge in [0.1, 0.15) is 0 Å². The van der Waals surface area contributed by atoms with Gasteiger partial charge in [-0.3, -0.25) is 0 Å².